The summed E-state index contributed by atoms with van der Waals surface area (Å²) in [6, 6.07) is 8.35. The smallest absolute Gasteiger partial charge is 0.191 e. The highest BCUT2D eigenvalue weighted by molar-refractivity contribution is 5.77. The number of guanidine groups is 1. The Bertz CT molecular complexity index is 383. The lowest BCUT2D eigenvalue weighted by molar-refractivity contribution is 0.487. The molecule has 0 aliphatic rings. The molecule has 94 valence electrons. The van der Waals surface area contributed by atoms with Crippen LogP contribution in [0.15, 0.2) is 29.3 Å². The molecule has 0 unspecified atom stereocenters. The molecule has 2 N–H and O–H groups in total. The Balaban J connectivity index is 2.63. The first-order valence-electron chi connectivity index (χ1n) is 6.06. The summed E-state index contributed by atoms with van der Waals surface area (Å²) in [5.41, 5.74) is 8.52. The van der Waals surface area contributed by atoms with Crippen molar-refractivity contribution in [2.45, 2.75) is 27.3 Å². The fraction of sp³-hybridized carbons (Fsp3) is 0.500. The molecule has 0 radical (unpaired) electrons. The van der Waals surface area contributed by atoms with Gasteiger partial charge in [0, 0.05) is 20.1 Å². The molecule has 0 aromatic heterocycles. The van der Waals surface area contributed by atoms with Gasteiger partial charge in [0.1, 0.15) is 0 Å². The van der Waals surface area contributed by atoms with Crippen molar-refractivity contribution >= 4 is 5.96 Å². The fourth-order valence-electron chi connectivity index (χ4n) is 1.52. The molecule has 0 amide bonds. The topological polar surface area (TPSA) is 41.6 Å². The zero-order valence-corrected chi connectivity index (χ0v) is 11.3. The van der Waals surface area contributed by atoms with Crippen LogP contribution in [-0.2, 0) is 6.54 Å². The first-order valence-corrected chi connectivity index (χ1v) is 6.06. The minimum absolute atomic E-state index is 0.542. The second-order valence-electron chi connectivity index (χ2n) is 4.88. The number of aliphatic imine (C=N–C) groups is 1. The molecule has 3 heteroatoms. The van der Waals surface area contributed by atoms with Gasteiger partial charge in [-0.2, -0.15) is 0 Å². The van der Waals surface area contributed by atoms with E-state index < -0.39 is 0 Å². The Kier molecular flexibility index (Phi) is 5.01. The summed E-state index contributed by atoms with van der Waals surface area (Å²) < 4.78 is 0. The Morgan fingerprint density at radius 2 is 2.00 bits per heavy atom. The molecule has 1 rings (SSSR count). The molecule has 0 bridgehead atoms. The highest BCUT2D eigenvalue weighted by Crippen LogP contribution is 2.09. The normalized spacial score (nSPS) is 11.9. The minimum atomic E-state index is 0.542. The van der Waals surface area contributed by atoms with Crippen molar-refractivity contribution in [3.8, 4) is 0 Å². The van der Waals surface area contributed by atoms with E-state index in [1.165, 1.54) is 11.1 Å². The number of aryl methyl sites for hydroxylation is 1. The average molecular weight is 233 g/mol. The van der Waals surface area contributed by atoms with Gasteiger partial charge in [0.05, 0.1) is 0 Å². The predicted molar refractivity (Wildman–Crippen MR) is 74.0 cm³/mol. The van der Waals surface area contributed by atoms with Gasteiger partial charge in [-0.15, -0.1) is 0 Å². The van der Waals surface area contributed by atoms with E-state index in [1.54, 1.807) is 0 Å². The lowest BCUT2D eigenvalue weighted by Crippen LogP contribution is -2.34. The second-order valence-corrected chi connectivity index (χ2v) is 4.88. The van der Waals surface area contributed by atoms with E-state index in [0.717, 1.165) is 13.1 Å². The number of benzene rings is 1. The molecular formula is C14H23N3. The standard InChI is InChI=1S/C14H23N3/c1-11(2)9-16-14(15)17(4)10-13-8-6-5-7-12(13)3/h5-8,11H,9-10H2,1-4H3,(H2,15,16). The number of hydrogen-bond donors (Lipinski definition) is 1. The predicted octanol–water partition coefficient (Wildman–Crippen LogP) is 2.40. The van der Waals surface area contributed by atoms with Gasteiger partial charge in [-0.25, -0.2) is 0 Å². The van der Waals surface area contributed by atoms with Gasteiger partial charge in [0.15, 0.2) is 5.96 Å². The first kappa shape index (κ1) is 13.6. The molecule has 0 atom stereocenters. The summed E-state index contributed by atoms with van der Waals surface area (Å²) in [4.78, 5) is 6.36. The number of hydrogen-bond acceptors (Lipinski definition) is 1. The summed E-state index contributed by atoms with van der Waals surface area (Å²) in [7, 11) is 1.98. The van der Waals surface area contributed by atoms with Gasteiger partial charge in [0.25, 0.3) is 0 Å². The molecule has 0 saturated carbocycles. The van der Waals surface area contributed by atoms with Crippen LogP contribution in [0.3, 0.4) is 0 Å². The fourth-order valence-corrected chi connectivity index (χ4v) is 1.52. The van der Waals surface area contributed by atoms with Gasteiger partial charge >= 0.3 is 0 Å². The van der Waals surface area contributed by atoms with Crippen LogP contribution in [0, 0.1) is 12.8 Å². The van der Waals surface area contributed by atoms with Gasteiger partial charge < -0.3 is 10.6 Å². The maximum Gasteiger partial charge on any atom is 0.191 e. The lowest BCUT2D eigenvalue weighted by atomic mass is 10.1. The molecule has 1 aromatic carbocycles. The SMILES string of the molecule is Cc1ccccc1CN(C)C(N)=NCC(C)C. The highest BCUT2D eigenvalue weighted by Gasteiger charge is 2.05. The quantitative estimate of drug-likeness (QED) is 0.641. The zero-order chi connectivity index (χ0) is 12.8. The van der Waals surface area contributed by atoms with E-state index in [-0.39, 0.29) is 0 Å². The van der Waals surface area contributed by atoms with Crippen LogP contribution >= 0.6 is 0 Å². The third-order valence-electron chi connectivity index (χ3n) is 2.68. The zero-order valence-electron chi connectivity index (χ0n) is 11.3. The number of nitrogens with two attached hydrogens (primary N) is 1. The number of rotatable bonds is 4. The molecule has 17 heavy (non-hydrogen) atoms. The van der Waals surface area contributed by atoms with Crippen LogP contribution in [0.2, 0.25) is 0 Å². The average Bonchev–Trinajstić information content (AvgIpc) is 2.28. The van der Waals surface area contributed by atoms with E-state index >= 15 is 0 Å². The van der Waals surface area contributed by atoms with Crippen molar-refractivity contribution in [3.05, 3.63) is 35.4 Å². The van der Waals surface area contributed by atoms with Crippen molar-refractivity contribution in [2.75, 3.05) is 13.6 Å². The van der Waals surface area contributed by atoms with Gasteiger partial charge in [-0.05, 0) is 24.0 Å². The minimum Gasteiger partial charge on any atom is -0.370 e. The molecule has 0 fully saturated rings. The largest absolute Gasteiger partial charge is 0.370 e. The molecule has 1 aromatic rings. The second kappa shape index (κ2) is 6.28. The van der Waals surface area contributed by atoms with Crippen LogP contribution in [0.1, 0.15) is 25.0 Å². The molecular weight excluding hydrogens is 210 g/mol. The Labute approximate surface area is 104 Å². The maximum absolute atomic E-state index is 5.94. The van der Waals surface area contributed by atoms with Crippen LogP contribution in [-0.4, -0.2) is 24.5 Å². The number of nitrogens with zero attached hydrogens (tertiary/aromatic N) is 2. The Hall–Kier alpha value is -1.51. The monoisotopic (exact) mass is 233 g/mol. The van der Waals surface area contributed by atoms with Gasteiger partial charge in [-0.1, -0.05) is 38.1 Å². The van der Waals surface area contributed by atoms with E-state index in [4.69, 9.17) is 5.73 Å². The van der Waals surface area contributed by atoms with Crippen LogP contribution in [0.4, 0.5) is 0 Å². The van der Waals surface area contributed by atoms with Crippen LogP contribution in [0.25, 0.3) is 0 Å². The summed E-state index contributed by atoms with van der Waals surface area (Å²) in [6.07, 6.45) is 0. The lowest BCUT2D eigenvalue weighted by Gasteiger charge is -2.19. The molecule has 0 heterocycles. The molecule has 0 aliphatic heterocycles. The molecule has 0 aliphatic carbocycles. The van der Waals surface area contributed by atoms with E-state index in [0.29, 0.717) is 11.9 Å². The molecule has 3 nitrogen and oxygen atoms in total. The van der Waals surface area contributed by atoms with Crippen molar-refractivity contribution in [1.29, 1.82) is 0 Å². The van der Waals surface area contributed by atoms with Crippen molar-refractivity contribution in [1.82, 2.24) is 4.90 Å². The summed E-state index contributed by atoms with van der Waals surface area (Å²) in [5.74, 6) is 1.15. The third-order valence-corrected chi connectivity index (χ3v) is 2.68. The van der Waals surface area contributed by atoms with E-state index in [2.05, 4.69) is 50.0 Å². The van der Waals surface area contributed by atoms with Crippen molar-refractivity contribution in [2.24, 2.45) is 16.6 Å². The van der Waals surface area contributed by atoms with E-state index in [1.807, 2.05) is 11.9 Å². The van der Waals surface area contributed by atoms with Crippen molar-refractivity contribution < 1.29 is 0 Å². The van der Waals surface area contributed by atoms with Crippen LogP contribution < -0.4 is 5.73 Å². The first-order chi connectivity index (χ1) is 8.00. The third kappa shape index (κ3) is 4.47. The van der Waals surface area contributed by atoms with E-state index in [9.17, 15) is 0 Å². The maximum atomic E-state index is 5.94. The van der Waals surface area contributed by atoms with Gasteiger partial charge in [0.2, 0.25) is 0 Å². The molecule has 0 saturated heterocycles. The Morgan fingerprint density at radius 3 is 2.59 bits per heavy atom. The summed E-state index contributed by atoms with van der Waals surface area (Å²) >= 11 is 0. The van der Waals surface area contributed by atoms with Crippen molar-refractivity contribution in [3.63, 3.8) is 0 Å². The summed E-state index contributed by atoms with van der Waals surface area (Å²) in [6.45, 7) is 7.98. The summed E-state index contributed by atoms with van der Waals surface area (Å²) in [5, 5.41) is 0. The Morgan fingerprint density at radius 1 is 1.35 bits per heavy atom. The molecule has 0 spiro atoms. The van der Waals surface area contributed by atoms with Crippen LogP contribution in [0.5, 0.6) is 0 Å². The van der Waals surface area contributed by atoms with Gasteiger partial charge in [-0.3, -0.25) is 4.99 Å². The highest BCUT2D eigenvalue weighted by atomic mass is 15.2.